The lowest BCUT2D eigenvalue weighted by atomic mass is 10.0. The zero-order valence-electron chi connectivity index (χ0n) is 18.3. The van der Waals surface area contributed by atoms with Crippen LogP contribution in [0.25, 0.3) is 0 Å². The molecule has 0 saturated heterocycles. The van der Waals surface area contributed by atoms with E-state index in [2.05, 4.69) is 61.7 Å². The molecule has 29 heavy (non-hydrogen) atoms. The van der Waals surface area contributed by atoms with E-state index in [-0.39, 0.29) is 5.91 Å². The Balaban J connectivity index is 1.92. The summed E-state index contributed by atoms with van der Waals surface area (Å²) in [5.74, 6) is 1.21. The number of guanidine groups is 1. The quantitative estimate of drug-likeness (QED) is 0.531. The summed E-state index contributed by atoms with van der Waals surface area (Å²) in [6.07, 6.45) is 0.826. The van der Waals surface area contributed by atoms with Crippen LogP contribution >= 0.6 is 0 Å². The van der Waals surface area contributed by atoms with Crippen molar-refractivity contribution in [3.8, 4) is 0 Å². The minimum absolute atomic E-state index is 0.0276. The maximum absolute atomic E-state index is 12.1. The standard InChI is InChI=1S/C24H34N4O/c1-6-25-24(27-17-19(3)21-12-10-18(2)11-13-21)26-15-14-20-8-7-9-22(16-20)23(29)28(4)5/h7-13,16,19H,6,14-15,17H2,1-5H3,(H2,25,26,27). The van der Waals surface area contributed by atoms with Gasteiger partial charge in [-0.3, -0.25) is 9.79 Å². The number of carbonyl (C=O) groups excluding carboxylic acids is 1. The van der Waals surface area contributed by atoms with Crippen LogP contribution in [0.5, 0.6) is 0 Å². The monoisotopic (exact) mass is 394 g/mol. The van der Waals surface area contributed by atoms with Gasteiger partial charge in [0.05, 0.1) is 0 Å². The Morgan fingerprint density at radius 3 is 2.48 bits per heavy atom. The SMILES string of the molecule is CCNC(=NCC(C)c1ccc(C)cc1)NCCc1cccc(C(=O)N(C)C)c1. The first-order valence-electron chi connectivity index (χ1n) is 10.3. The summed E-state index contributed by atoms with van der Waals surface area (Å²) < 4.78 is 0. The van der Waals surface area contributed by atoms with Crippen molar-refractivity contribution in [2.45, 2.75) is 33.1 Å². The fraction of sp³-hybridized carbons (Fsp3) is 0.417. The summed E-state index contributed by atoms with van der Waals surface area (Å²) >= 11 is 0. The maximum atomic E-state index is 12.1. The predicted octanol–water partition coefficient (Wildman–Crippen LogP) is 3.60. The molecule has 0 radical (unpaired) electrons. The van der Waals surface area contributed by atoms with Gasteiger partial charge in [-0.25, -0.2) is 0 Å². The maximum Gasteiger partial charge on any atom is 0.253 e. The van der Waals surface area contributed by atoms with E-state index >= 15 is 0 Å². The van der Waals surface area contributed by atoms with Crippen molar-refractivity contribution in [2.24, 2.45) is 4.99 Å². The number of hydrogen-bond donors (Lipinski definition) is 2. The Labute approximate surface area is 175 Å². The molecule has 0 aliphatic rings. The lowest BCUT2D eigenvalue weighted by Crippen LogP contribution is -2.38. The molecule has 0 spiro atoms. The Morgan fingerprint density at radius 2 is 1.83 bits per heavy atom. The zero-order valence-corrected chi connectivity index (χ0v) is 18.3. The fourth-order valence-corrected chi connectivity index (χ4v) is 3.01. The number of amides is 1. The van der Waals surface area contributed by atoms with Crippen molar-refractivity contribution < 1.29 is 4.79 Å². The summed E-state index contributed by atoms with van der Waals surface area (Å²) in [5, 5.41) is 6.71. The number of carbonyl (C=O) groups is 1. The summed E-state index contributed by atoms with van der Waals surface area (Å²) in [7, 11) is 3.54. The van der Waals surface area contributed by atoms with Crippen LogP contribution in [-0.2, 0) is 6.42 Å². The van der Waals surface area contributed by atoms with Crippen LogP contribution in [0, 0.1) is 6.92 Å². The van der Waals surface area contributed by atoms with E-state index in [1.807, 2.05) is 18.2 Å². The Hall–Kier alpha value is -2.82. The molecule has 2 aromatic carbocycles. The summed E-state index contributed by atoms with van der Waals surface area (Å²) in [6.45, 7) is 8.67. The van der Waals surface area contributed by atoms with Crippen LogP contribution in [0.3, 0.4) is 0 Å². The molecule has 0 aromatic heterocycles. The fourth-order valence-electron chi connectivity index (χ4n) is 3.01. The summed E-state index contributed by atoms with van der Waals surface area (Å²) in [6, 6.07) is 16.5. The van der Waals surface area contributed by atoms with Gasteiger partial charge < -0.3 is 15.5 Å². The molecular formula is C24H34N4O. The Kier molecular flexibility index (Phi) is 8.71. The van der Waals surface area contributed by atoms with E-state index in [9.17, 15) is 4.79 Å². The molecule has 0 heterocycles. The first-order valence-corrected chi connectivity index (χ1v) is 10.3. The van der Waals surface area contributed by atoms with Crippen molar-refractivity contribution in [1.29, 1.82) is 0 Å². The molecule has 0 aliphatic carbocycles. The van der Waals surface area contributed by atoms with Crippen molar-refractivity contribution in [3.05, 3.63) is 70.8 Å². The molecule has 2 aromatic rings. The van der Waals surface area contributed by atoms with E-state index in [1.54, 1.807) is 19.0 Å². The normalized spacial score (nSPS) is 12.4. The third-order valence-electron chi connectivity index (χ3n) is 4.80. The number of nitrogens with one attached hydrogen (secondary N) is 2. The van der Waals surface area contributed by atoms with E-state index in [0.29, 0.717) is 5.92 Å². The van der Waals surface area contributed by atoms with Crippen LogP contribution in [0.1, 0.15) is 46.8 Å². The molecule has 1 amide bonds. The molecule has 0 aliphatic heterocycles. The second-order valence-electron chi connectivity index (χ2n) is 7.61. The van der Waals surface area contributed by atoms with Gasteiger partial charge in [0.1, 0.15) is 0 Å². The van der Waals surface area contributed by atoms with E-state index in [4.69, 9.17) is 4.99 Å². The van der Waals surface area contributed by atoms with Crippen molar-refractivity contribution in [2.75, 3.05) is 33.7 Å². The number of nitrogens with zero attached hydrogens (tertiary/aromatic N) is 2. The van der Waals surface area contributed by atoms with Crippen LogP contribution in [0.2, 0.25) is 0 Å². The Bertz CT molecular complexity index is 812. The van der Waals surface area contributed by atoms with E-state index in [1.165, 1.54) is 11.1 Å². The highest BCUT2D eigenvalue weighted by Crippen LogP contribution is 2.16. The van der Waals surface area contributed by atoms with Gasteiger partial charge in [-0.15, -0.1) is 0 Å². The van der Waals surface area contributed by atoms with Crippen LogP contribution in [0.15, 0.2) is 53.5 Å². The zero-order chi connectivity index (χ0) is 21.2. The minimum Gasteiger partial charge on any atom is -0.357 e. The molecule has 2 N–H and O–H groups in total. The Morgan fingerprint density at radius 1 is 1.10 bits per heavy atom. The van der Waals surface area contributed by atoms with Gasteiger partial charge >= 0.3 is 0 Å². The van der Waals surface area contributed by atoms with Gasteiger partial charge in [0.2, 0.25) is 0 Å². The van der Waals surface area contributed by atoms with Crippen LogP contribution in [0.4, 0.5) is 0 Å². The molecule has 5 heteroatoms. The van der Waals surface area contributed by atoms with Gasteiger partial charge in [-0.2, -0.15) is 0 Å². The highest BCUT2D eigenvalue weighted by atomic mass is 16.2. The average molecular weight is 395 g/mol. The first kappa shape index (κ1) is 22.5. The van der Waals surface area contributed by atoms with Crippen molar-refractivity contribution in [3.63, 3.8) is 0 Å². The molecular weight excluding hydrogens is 360 g/mol. The third-order valence-corrected chi connectivity index (χ3v) is 4.80. The smallest absolute Gasteiger partial charge is 0.253 e. The van der Waals surface area contributed by atoms with Gasteiger partial charge in [-0.05, 0) is 43.5 Å². The van der Waals surface area contributed by atoms with Crippen molar-refractivity contribution in [1.82, 2.24) is 15.5 Å². The second kappa shape index (κ2) is 11.2. The van der Waals surface area contributed by atoms with Gasteiger partial charge in [-0.1, -0.05) is 48.9 Å². The summed E-state index contributed by atoms with van der Waals surface area (Å²) in [4.78, 5) is 18.5. The minimum atomic E-state index is 0.0276. The van der Waals surface area contributed by atoms with Gasteiger partial charge in [0.25, 0.3) is 5.91 Å². The van der Waals surface area contributed by atoms with Crippen molar-refractivity contribution >= 4 is 11.9 Å². The first-order chi connectivity index (χ1) is 13.9. The summed E-state index contributed by atoms with van der Waals surface area (Å²) in [5.41, 5.74) is 4.43. The molecule has 5 nitrogen and oxygen atoms in total. The van der Waals surface area contributed by atoms with Crippen LogP contribution < -0.4 is 10.6 Å². The number of aliphatic imine (C=N–C) groups is 1. The highest BCUT2D eigenvalue weighted by Gasteiger charge is 2.09. The number of rotatable bonds is 8. The highest BCUT2D eigenvalue weighted by molar-refractivity contribution is 5.94. The van der Waals surface area contributed by atoms with E-state index in [0.717, 1.165) is 43.1 Å². The largest absolute Gasteiger partial charge is 0.357 e. The third kappa shape index (κ3) is 7.26. The molecule has 0 saturated carbocycles. The van der Waals surface area contributed by atoms with Gasteiger partial charge in [0.15, 0.2) is 5.96 Å². The topological polar surface area (TPSA) is 56.7 Å². The number of hydrogen-bond acceptors (Lipinski definition) is 2. The van der Waals surface area contributed by atoms with Gasteiger partial charge in [0, 0.05) is 45.2 Å². The predicted molar refractivity (Wildman–Crippen MR) is 122 cm³/mol. The van der Waals surface area contributed by atoms with E-state index < -0.39 is 0 Å². The lowest BCUT2D eigenvalue weighted by Gasteiger charge is -2.14. The molecule has 1 atom stereocenters. The van der Waals surface area contributed by atoms with Crippen LogP contribution in [-0.4, -0.2) is 50.5 Å². The molecule has 156 valence electrons. The second-order valence-corrected chi connectivity index (χ2v) is 7.61. The number of aryl methyl sites for hydroxylation is 1. The lowest BCUT2D eigenvalue weighted by molar-refractivity contribution is 0.0827. The average Bonchev–Trinajstić information content (AvgIpc) is 2.72. The molecule has 0 fully saturated rings. The molecule has 2 rings (SSSR count). The molecule has 0 bridgehead atoms. The number of benzene rings is 2. The molecule has 1 unspecified atom stereocenters.